The van der Waals surface area contributed by atoms with Crippen molar-refractivity contribution < 1.29 is 4.39 Å². The minimum atomic E-state index is -0.376. The summed E-state index contributed by atoms with van der Waals surface area (Å²) in [5.74, 6) is -0.376. The van der Waals surface area contributed by atoms with Crippen LogP contribution in [0.15, 0.2) is 47.4 Å². The first-order valence-electron chi connectivity index (χ1n) is 5.97. The number of aryl methyl sites for hydroxylation is 1. The van der Waals surface area contributed by atoms with E-state index in [0.717, 1.165) is 5.39 Å². The summed E-state index contributed by atoms with van der Waals surface area (Å²) in [5, 5.41) is 1.10. The standard InChI is InChI=1S/C15H10ClFN2O/c1-19-13-7-14(16)18-8-10(13)6-12(15(19)20)9-3-2-4-11(17)5-9/h2-8H,1H3. The smallest absolute Gasteiger partial charge is 0.258 e. The van der Waals surface area contributed by atoms with Gasteiger partial charge >= 0.3 is 0 Å². The molecule has 3 aromatic rings. The van der Waals surface area contributed by atoms with Gasteiger partial charge in [-0.25, -0.2) is 9.37 Å². The van der Waals surface area contributed by atoms with Crippen LogP contribution in [0.2, 0.25) is 5.15 Å². The maximum absolute atomic E-state index is 13.3. The summed E-state index contributed by atoms with van der Waals surface area (Å²) in [6.07, 6.45) is 1.60. The molecule has 0 aliphatic rings. The summed E-state index contributed by atoms with van der Waals surface area (Å²) < 4.78 is 14.8. The zero-order chi connectivity index (χ0) is 14.3. The van der Waals surface area contributed by atoms with Gasteiger partial charge < -0.3 is 4.57 Å². The maximum atomic E-state index is 13.3. The number of hydrogen-bond donors (Lipinski definition) is 0. The largest absolute Gasteiger partial charge is 0.311 e. The van der Waals surface area contributed by atoms with Gasteiger partial charge in [-0.3, -0.25) is 4.79 Å². The molecule has 0 atom stereocenters. The number of rotatable bonds is 1. The molecule has 0 radical (unpaired) electrons. The molecule has 0 aliphatic heterocycles. The molecule has 100 valence electrons. The second kappa shape index (κ2) is 4.72. The number of nitrogens with zero attached hydrogens (tertiary/aromatic N) is 2. The van der Waals surface area contributed by atoms with Gasteiger partial charge in [-0.15, -0.1) is 0 Å². The number of aromatic nitrogens is 2. The molecular weight excluding hydrogens is 279 g/mol. The molecule has 3 nitrogen and oxygen atoms in total. The first kappa shape index (κ1) is 12.8. The van der Waals surface area contributed by atoms with Gasteiger partial charge in [0.1, 0.15) is 11.0 Å². The van der Waals surface area contributed by atoms with E-state index in [9.17, 15) is 9.18 Å². The summed E-state index contributed by atoms with van der Waals surface area (Å²) >= 11 is 5.84. The Hall–Kier alpha value is -2.20. The summed E-state index contributed by atoms with van der Waals surface area (Å²) in [4.78, 5) is 16.4. The van der Waals surface area contributed by atoms with Gasteiger partial charge in [0.05, 0.1) is 5.52 Å². The van der Waals surface area contributed by atoms with E-state index in [0.29, 0.717) is 21.8 Å². The molecule has 0 spiro atoms. The highest BCUT2D eigenvalue weighted by Gasteiger charge is 2.10. The lowest BCUT2D eigenvalue weighted by Crippen LogP contribution is -2.19. The molecule has 2 heterocycles. The van der Waals surface area contributed by atoms with Crippen molar-refractivity contribution in [3.8, 4) is 11.1 Å². The molecule has 2 aromatic heterocycles. The van der Waals surface area contributed by atoms with Crippen molar-refractivity contribution in [1.82, 2.24) is 9.55 Å². The van der Waals surface area contributed by atoms with E-state index < -0.39 is 0 Å². The molecule has 0 amide bonds. The van der Waals surface area contributed by atoms with Gasteiger partial charge in [-0.1, -0.05) is 23.7 Å². The fourth-order valence-corrected chi connectivity index (χ4v) is 2.35. The molecule has 0 aliphatic carbocycles. The quantitative estimate of drug-likeness (QED) is 0.643. The Kier molecular flexibility index (Phi) is 3.03. The van der Waals surface area contributed by atoms with Crippen molar-refractivity contribution in [2.75, 3.05) is 0 Å². The molecule has 0 unspecified atom stereocenters. The molecule has 0 N–H and O–H groups in total. The van der Waals surface area contributed by atoms with Gasteiger partial charge in [0.15, 0.2) is 0 Å². The molecule has 0 bridgehead atoms. The van der Waals surface area contributed by atoms with Crippen molar-refractivity contribution in [2.24, 2.45) is 7.05 Å². The zero-order valence-electron chi connectivity index (χ0n) is 10.6. The number of fused-ring (bicyclic) bond motifs is 1. The number of halogens is 2. The molecule has 0 saturated heterocycles. The fourth-order valence-electron chi connectivity index (χ4n) is 2.20. The Bertz CT molecular complexity index is 873. The van der Waals surface area contributed by atoms with Crippen molar-refractivity contribution in [2.45, 2.75) is 0 Å². The summed E-state index contributed by atoms with van der Waals surface area (Å²) in [7, 11) is 1.66. The normalized spacial score (nSPS) is 10.9. The molecule has 20 heavy (non-hydrogen) atoms. The number of benzene rings is 1. The lowest BCUT2D eigenvalue weighted by molar-refractivity contribution is 0.628. The average molecular weight is 289 g/mol. The van der Waals surface area contributed by atoms with Crippen molar-refractivity contribution >= 4 is 22.5 Å². The molecule has 1 aromatic carbocycles. The first-order chi connectivity index (χ1) is 9.56. The van der Waals surface area contributed by atoms with Crippen molar-refractivity contribution in [3.05, 3.63) is 63.9 Å². The number of hydrogen-bond acceptors (Lipinski definition) is 2. The van der Waals surface area contributed by atoms with Crippen LogP contribution in [-0.4, -0.2) is 9.55 Å². The van der Waals surface area contributed by atoms with E-state index in [-0.39, 0.29) is 11.4 Å². The van der Waals surface area contributed by atoms with Gasteiger partial charge in [0.25, 0.3) is 5.56 Å². The van der Waals surface area contributed by atoms with Crippen LogP contribution in [0.1, 0.15) is 0 Å². The van der Waals surface area contributed by atoms with E-state index >= 15 is 0 Å². The zero-order valence-corrected chi connectivity index (χ0v) is 11.4. The van der Waals surface area contributed by atoms with Crippen LogP contribution < -0.4 is 5.56 Å². The lowest BCUT2D eigenvalue weighted by atomic mass is 10.1. The van der Waals surface area contributed by atoms with Crippen LogP contribution >= 0.6 is 11.6 Å². The molecule has 0 saturated carbocycles. The van der Waals surface area contributed by atoms with E-state index in [1.807, 2.05) is 0 Å². The molecular formula is C15H10ClFN2O. The topological polar surface area (TPSA) is 34.9 Å². The van der Waals surface area contributed by atoms with Crippen LogP contribution in [0.3, 0.4) is 0 Å². The Morgan fingerprint density at radius 1 is 1.25 bits per heavy atom. The summed E-state index contributed by atoms with van der Waals surface area (Å²) in [6, 6.07) is 9.30. The second-order valence-electron chi connectivity index (χ2n) is 4.50. The third kappa shape index (κ3) is 2.08. The first-order valence-corrected chi connectivity index (χ1v) is 6.35. The average Bonchev–Trinajstić information content (AvgIpc) is 2.43. The second-order valence-corrected chi connectivity index (χ2v) is 4.89. The molecule has 3 rings (SSSR count). The third-order valence-electron chi connectivity index (χ3n) is 3.21. The van der Waals surface area contributed by atoms with E-state index in [1.165, 1.54) is 16.7 Å². The van der Waals surface area contributed by atoms with Gasteiger partial charge in [-0.05, 0) is 29.8 Å². The van der Waals surface area contributed by atoms with Gasteiger partial charge in [-0.2, -0.15) is 0 Å². The summed E-state index contributed by atoms with van der Waals surface area (Å²) in [6.45, 7) is 0. The Morgan fingerprint density at radius 3 is 2.80 bits per heavy atom. The molecule has 5 heteroatoms. The fraction of sp³-hybridized carbons (Fsp3) is 0.0667. The van der Waals surface area contributed by atoms with Gasteiger partial charge in [0, 0.05) is 24.2 Å². The highest BCUT2D eigenvalue weighted by molar-refractivity contribution is 6.30. The predicted molar refractivity (Wildman–Crippen MR) is 77.4 cm³/mol. The minimum Gasteiger partial charge on any atom is -0.311 e. The van der Waals surface area contributed by atoms with Crippen molar-refractivity contribution in [3.63, 3.8) is 0 Å². The number of pyridine rings is 2. The lowest BCUT2D eigenvalue weighted by Gasteiger charge is -2.09. The Morgan fingerprint density at radius 2 is 2.05 bits per heavy atom. The Balaban J connectivity index is 2.35. The maximum Gasteiger partial charge on any atom is 0.258 e. The highest BCUT2D eigenvalue weighted by Crippen LogP contribution is 2.22. The minimum absolute atomic E-state index is 0.203. The highest BCUT2D eigenvalue weighted by atomic mass is 35.5. The van der Waals surface area contributed by atoms with Crippen LogP contribution in [0, 0.1) is 5.82 Å². The predicted octanol–water partition coefficient (Wildman–Crippen LogP) is 3.39. The SMILES string of the molecule is Cn1c(=O)c(-c2cccc(F)c2)cc2cnc(Cl)cc21. The van der Waals surface area contributed by atoms with Crippen molar-refractivity contribution in [1.29, 1.82) is 0 Å². The molecule has 0 fully saturated rings. The van der Waals surface area contributed by atoms with Crippen LogP contribution in [-0.2, 0) is 7.05 Å². The van der Waals surface area contributed by atoms with E-state index in [4.69, 9.17) is 11.6 Å². The van der Waals surface area contributed by atoms with Crippen LogP contribution in [0.4, 0.5) is 4.39 Å². The monoisotopic (exact) mass is 288 g/mol. The van der Waals surface area contributed by atoms with Gasteiger partial charge in [0.2, 0.25) is 0 Å². The van der Waals surface area contributed by atoms with Crippen LogP contribution in [0.5, 0.6) is 0 Å². The van der Waals surface area contributed by atoms with E-state index in [2.05, 4.69) is 4.98 Å². The summed E-state index contributed by atoms with van der Waals surface area (Å²) in [5.41, 5.74) is 1.46. The Labute approximate surface area is 119 Å². The third-order valence-corrected chi connectivity index (χ3v) is 3.42. The van der Waals surface area contributed by atoms with Crippen LogP contribution in [0.25, 0.3) is 22.0 Å². The van der Waals surface area contributed by atoms with E-state index in [1.54, 1.807) is 37.5 Å².